The van der Waals surface area contributed by atoms with Gasteiger partial charge in [0.1, 0.15) is 0 Å². The minimum absolute atomic E-state index is 0.251. The Morgan fingerprint density at radius 3 is 2.60 bits per heavy atom. The second kappa shape index (κ2) is 2.19. The van der Waals surface area contributed by atoms with E-state index in [0.29, 0.717) is 6.04 Å². The van der Waals surface area contributed by atoms with E-state index in [1.165, 1.54) is 0 Å². The van der Waals surface area contributed by atoms with Crippen LogP contribution in [0.4, 0.5) is 0 Å². The fourth-order valence-corrected chi connectivity index (χ4v) is 1.66. The van der Waals surface area contributed by atoms with Crippen LogP contribution in [0, 0.1) is 0 Å². The van der Waals surface area contributed by atoms with E-state index >= 15 is 0 Å². The van der Waals surface area contributed by atoms with Gasteiger partial charge in [-0.25, -0.2) is 0 Å². The Labute approximate surface area is 60.7 Å². The zero-order chi connectivity index (χ0) is 7.03. The normalized spacial score (nSPS) is 37.5. The summed E-state index contributed by atoms with van der Waals surface area (Å²) in [7, 11) is 0. The highest BCUT2D eigenvalue weighted by molar-refractivity contribution is 4.88. The molecule has 2 heterocycles. The van der Waals surface area contributed by atoms with E-state index in [2.05, 4.69) is 12.2 Å². The molecule has 0 aromatic heterocycles. The number of rotatable bonds is 0. The standard InChI is InChI=1S/C7H13NO2/c1-6-4-7(5-8-6)9-2-3-10-7/h6,8H,2-5H2,1H3. The maximum absolute atomic E-state index is 5.49. The van der Waals surface area contributed by atoms with Gasteiger partial charge in [0, 0.05) is 12.5 Å². The topological polar surface area (TPSA) is 30.5 Å². The van der Waals surface area contributed by atoms with E-state index in [0.717, 1.165) is 26.2 Å². The van der Waals surface area contributed by atoms with Gasteiger partial charge in [-0.1, -0.05) is 0 Å². The van der Waals surface area contributed by atoms with Crippen LogP contribution in [0.3, 0.4) is 0 Å². The molecule has 1 spiro atoms. The zero-order valence-corrected chi connectivity index (χ0v) is 6.22. The minimum atomic E-state index is -0.251. The quantitative estimate of drug-likeness (QED) is 0.522. The molecule has 2 aliphatic heterocycles. The molecule has 0 aromatic rings. The molecular formula is C7H13NO2. The fraction of sp³-hybridized carbons (Fsp3) is 1.00. The number of hydrogen-bond acceptors (Lipinski definition) is 3. The van der Waals surface area contributed by atoms with Crippen LogP contribution in [0.5, 0.6) is 0 Å². The van der Waals surface area contributed by atoms with E-state index in [1.807, 2.05) is 0 Å². The Hall–Kier alpha value is -0.120. The Balaban J connectivity index is 2.03. The molecule has 1 unspecified atom stereocenters. The highest BCUT2D eigenvalue weighted by Crippen LogP contribution is 2.28. The molecule has 3 heteroatoms. The van der Waals surface area contributed by atoms with Crippen LogP contribution in [0.15, 0.2) is 0 Å². The smallest absolute Gasteiger partial charge is 0.182 e. The third-order valence-electron chi connectivity index (χ3n) is 2.15. The number of ether oxygens (including phenoxy) is 2. The van der Waals surface area contributed by atoms with Crippen molar-refractivity contribution in [3.63, 3.8) is 0 Å². The van der Waals surface area contributed by atoms with Gasteiger partial charge >= 0.3 is 0 Å². The fourth-order valence-electron chi connectivity index (χ4n) is 1.66. The van der Waals surface area contributed by atoms with E-state index in [1.54, 1.807) is 0 Å². The summed E-state index contributed by atoms with van der Waals surface area (Å²) >= 11 is 0. The Morgan fingerprint density at radius 1 is 1.40 bits per heavy atom. The predicted octanol–water partition coefficient (Wildman–Crippen LogP) is 0.111. The molecule has 2 saturated heterocycles. The molecule has 2 rings (SSSR count). The average molecular weight is 143 g/mol. The van der Waals surface area contributed by atoms with Gasteiger partial charge in [0.25, 0.3) is 0 Å². The minimum Gasteiger partial charge on any atom is -0.346 e. The maximum Gasteiger partial charge on any atom is 0.182 e. The second-order valence-corrected chi connectivity index (χ2v) is 3.09. The predicted molar refractivity (Wildman–Crippen MR) is 36.7 cm³/mol. The summed E-state index contributed by atoms with van der Waals surface area (Å²) in [5.41, 5.74) is 0. The molecule has 2 fully saturated rings. The largest absolute Gasteiger partial charge is 0.346 e. The lowest BCUT2D eigenvalue weighted by Crippen LogP contribution is -2.32. The highest BCUT2D eigenvalue weighted by atomic mass is 16.7. The van der Waals surface area contributed by atoms with Crippen molar-refractivity contribution in [1.82, 2.24) is 5.32 Å². The highest BCUT2D eigenvalue weighted by Gasteiger charge is 2.42. The van der Waals surface area contributed by atoms with Gasteiger partial charge in [-0.3, -0.25) is 0 Å². The molecular weight excluding hydrogens is 130 g/mol. The zero-order valence-electron chi connectivity index (χ0n) is 6.22. The van der Waals surface area contributed by atoms with Gasteiger partial charge in [0.15, 0.2) is 5.79 Å². The van der Waals surface area contributed by atoms with Gasteiger partial charge in [-0.2, -0.15) is 0 Å². The van der Waals surface area contributed by atoms with Crippen LogP contribution in [0.25, 0.3) is 0 Å². The average Bonchev–Trinajstić information content (AvgIpc) is 2.46. The molecule has 0 bridgehead atoms. The monoisotopic (exact) mass is 143 g/mol. The molecule has 58 valence electrons. The van der Waals surface area contributed by atoms with Crippen LogP contribution in [0.2, 0.25) is 0 Å². The molecule has 1 N–H and O–H groups in total. The number of nitrogens with one attached hydrogen (secondary N) is 1. The third-order valence-corrected chi connectivity index (χ3v) is 2.15. The number of hydrogen-bond donors (Lipinski definition) is 1. The molecule has 1 atom stereocenters. The van der Waals surface area contributed by atoms with E-state index in [4.69, 9.17) is 9.47 Å². The first-order chi connectivity index (χ1) is 4.81. The SMILES string of the molecule is CC1CC2(CN1)OCCO2. The van der Waals surface area contributed by atoms with Crippen LogP contribution in [0.1, 0.15) is 13.3 Å². The van der Waals surface area contributed by atoms with Crippen molar-refractivity contribution in [2.75, 3.05) is 19.8 Å². The lowest BCUT2D eigenvalue weighted by atomic mass is 10.2. The van der Waals surface area contributed by atoms with Crippen molar-refractivity contribution in [1.29, 1.82) is 0 Å². The first-order valence-corrected chi connectivity index (χ1v) is 3.82. The molecule has 0 aliphatic carbocycles. The van der Waals surface area contributed by atoms with Gasteiger partial charge in [0.05, 0.1) is 19.8 Å². The molecule has 0 aromatic carbocycles. The van der Waals surface area contributed by atoms with Gasteiger partial charge in [-0.15, -0.1) is 0 Å². The van der Waals surface area contributed by atoms with Crippen molar-refractivity contribution in [2.45, 2.75) is 25.2 Å². The first-order valence-electron chi connectivity index (χ1n) is 3.82. The molecule has 3 nitrogen and oxygen atoms in total. The Kier molecular flexibility index (Phi) is 1.44. The van der Waals surface area contributed by atoms with E-state index in [-0.39, 0.29) is 5.79 Å². The second-order valence-electron chi connectivity index (χ2n) is 3.09. The molecule has 2 aliphatic rings. The lowest BCUT2D eigenvalue weighted by molar-refractivity contribution is -0.140. The van der Waals surface area contributed by atoms with E-state index in [9.17, 15) is 0 Å². The van der Waals surface area contributed by atoms with Crippen molar-refractivity contribution >= 4 is 0 Å². The maximum atomic E-state index is 5.49. The van der Waals surface area contributed by atoms with Gasteiger partial charge in [0.2, 0.25) is 0 Å². The Morgan fingerprint density at radius 2 is 2.10 bits per heavy atom. The summed E-state index contributed by atoms with van der Waals surface area (Å²) in [6, 6.07) is 0.540. The van der Waals surface area contributed by atoms with Gasteiger partial charge < -0.3 is 14.8 Å². The van der Waals surface area contributed by atoms with Crippen LogP contribution in [-0.2, 0) is 9.47 Å². The molecule has 0 radical (unpaired) electrons. The molecule has 0 amide bonds. The third kappa shape index (κ3) is 0.944. The van der Waals surface area contributed by atoms with Crippen LogP contribution >= 0.6 is 0 Å². The molecule has 10 heavy (non-hydrogen) atoms. The summed E-state index contributed by atoms with van der Waals surface area (Å²) in [5.74, 6) is -0.251. The summed E-state index contributed by atoms with van der Waals surface area (Å²) < 4.78 is 11.0. The Bertz CT molecular complexity index is 132. The van der Waals surface area contributed by atoms with Crippen molar-refractivity contribution < 1.29 is 9.47 Å². The summed E-state index contributed by atoms with van der Waals surface area (Å²) in [4.78, 5) is 0. The van der Waals surface area contributed by atoms with Crippen LogP contribution < -0.4 is 5.32 Å². The van der Waals surface area contributed by atoms with Gasteiger partial charge in [-0.05, 0) is 6.92 Å². The van der Waals surface area contributed by atoms with Crippen molar-refractivity contribution in [3.05, 3.63) is 0 Å². The summed E-state index contributed by atoms with van der Waals surface area (Å²) in [6.07, 6.45) is 0.993. The van der Waals surface area contributed by atoms with Crippen LogP contribution in [-0.4, -0.2) is 31.6 Å². The summed E-state index contributed by atoms with van der Waals surface area (Å²) in [5, 5.41) is 3.30. The molecule has 0 saturated carbocycles. The van der Waals surface area contributed by atoms with Crippen molar-refractivity contribution in [3.8, 4) is 0 Å². The summed E-state index contributed by atoms with van der Waals surface area (Å²) in [6.45, 7) is 4.52. The van der Waals surface area contributed by atoms with Crippen molar-refractivity contribution in [2.24, 2.45) is 0 Å². The lowest BCUT2D eigenvalue weighted by Gasteiger charge is -2.19. The first kappa shape index (κ1) is 6.58. The van der Waals surface area contributed by atoms with E-state index < -0.39 is 0 Å².